The predicted molar refractivity (Wildman–Crippen MR) is 129 cm³/mol. The minimum Gasteiger partial charge on any atom is -0.495 e. The van der Waals surface area contributed by atoms with Crippen LogP contribution in [0, 0.1) is 17.0 Å². The number of aryl methyl sites for hydroxylation is 1. The summed E-state index contributed by atoms with van der Waals surface area (Å²) in [6.07, 6.45) is 0. The Labute approximate surface area is 202 Å². The lowest BCUT2D eigenvalue weighted by Gasteiger charge is -2.22. The number of hydrogen-bond acceptors (Lipinski definition) is 6. The van der Waals surface area contributed by atoms with E-state index in [9.17, 15) is 23.3 Å². The molecule has 3 aromatic carbocycles. The molecule has 0 aliphatic carbocycles. The molecular formula is C23H22ClN3O6S. The molecule has 3 aromatic rings. The van der Waals surface area contributed by atoms with Gasteiger partial charge in [0.2, 0.25) is 15.9 Å². The zero-order valence-corrected chi connectivity index (χ0v) is 20.0. The molecule has 34 heavy (non-hydrogen) atoms. The molecule has 0 bridgehead atoms. The quantitative estimate of drug-likeness (QED) is 0.341. The average molecular weight is 504 g/mol. The molecule has 0 aromatic heterocycles. The van der Waals surface area contributed by atoms with Crippen LogP contribution in [-0.2, 0) is 21.4 Å². The fraction of sp³-hybridized carbons (Fsp3) is 0.174. The number of nitrogens with one attached hydrogen (secondary N) is 1. The van der Waals surface area contributed by atoms with Crippen LogP contribution in [0.25, 0.3) is 0 Å². The fourth-order valence-electron chi connectivity index (χ4n) is 3.18. The van der Waals surface area contributed by atoms with Gasteiger partial charge in [-0.2, -0.15) is 4.31 Å². The number of ether oxygens (including phenoxy) is 1. The van der Waals surface area contributed by atoms with Crippen molar-refractivity contribution in [3.63, 3.8) is 0 Å². The van der Waals surface area contributed by atoms with Crippen molar-refractivity contribution in [3.8, 4) is 5.75 Å². The Hall–Kier alpha value is -3.47. The van der Waals surface area contributed by atoms with Gasteiger partial charge >= 0.3 is 0 Å². The Morgan fingerprint density at radius 1 is 1.12 bits per heavy atom. The Balaban J connectivity index is 1.92. The second-order valence-corrected chi connectivity index (χ2v) is 9.70. The molecule has 178 valence electrons. The van der Waals surface area contributed by atoms with Gasteiger partial charge in [-0.25, -0.2) is 8.42 Å². The summed E-state index contributed by atoms with van der Waals surface area (Å²) in [6, 6.07) is 16.9. The molecule has 0 aliphatic rings. The zero-order chi connectivity index (χ0) is 24.9. The van der Waals surface area contributed by atoms with Gasteiger partial charge in [-0.1, -0.05) is 48.0 Å². The number of nitrogens with zero attached hydrogens (tertiary/aromatic N) is 2. The highest BCUT2D eigenvalue weighted by Gasteiger charge is 2.28. The van der Waals surface area contributed by atoms with E-state index in [1.807, 2.05) is 0 Å². The molecule has 3 rings (SSSR count). The SMILES string of the molecule is COc1ccc(S(=O)(=O)N(CC(=O)Nc2cc([N+](=O)[O-])ccc2C)Cc2ccccc2)cc1Cl. The van der Waals surface area contributed by atoms with E-state index in [2.05, 4.69) is 5.32 Å². The van der Waals surface area contributed by atoms with Crippen LogP contribution in [-0.4, -0.2) is 37.2 Å². The predicted octanol–water partition coefficient (Wildman–Crippen LogP) is 4.39. The lowest BCUT2D eigenvalue weighted by Crippen LogP contribution is -2.37. The van der Waals surface area contributed by atoms with Crippen molar-refractivity contribution >= 4 is 38.9 Å². The number of carbonyl (C=O) groups is 1. The third kappa shape index (κ3) is 5.90. The molecule has 0 saturated heterocycles. The Morgan fingerprint density at radius 3 is 2.44 bits per heavy atom. The summed E-state index contributed by atoms with van der Waals surface area (Å²) in [7, 11) is -2.73. The van der Waals surface area contributed by atoms with Crippen molar-refractivity contribution in [2.24, 2.45) is 0 Å². The third-order valence-corrected chi connectivity index (χ3v) is 7.07. The van der Waals surface area contributed by atoms with Crippen molar-refractivity contribution in [2.45, 2.75) is 18.4 Å². The first-order valence-corrected chi connectivity index (χ1v) is 11.9. The van der Waals surface area contributed by atoms with Crippen molar-refractivity contribution in [1.82, 2.24) is 4.31 Å². The van der Waals surface area contributed by atoms with Gasteiger partial charge in [0.15, 0.2) is 0 Å². The number of halogens is 1. The number of amides is 1. The molecule has 0 radical (unpaired) electrons. The first kappa shape index (κ1) is 25.2. The van der Waals surface area contributed by atoms with Crippen molar-refractivity contribution < 1.29 is 22.9 Å². The normalized spacial score (nSPS) is 11.3. The zero-order valence-electron chi connectivity index (χ0n) is 18.4. The molecule has 1 amide bonds. The number of sulfonamides is 1. The molecule has 0 atom stereocenters. The van der Waals surface area contributed by atoms with Gasteiger partial charge in [0.25, 0.3) is 5.69 Å². The molecule has 1 N–H and O–H groups in total. The number of nitro benzene ring substituents is 1. The van der Waals surface area contributed by atoms with E-state index in [1.54, 1.807) is 37.3 Å². The summed E-state index contributed by atoms with van der Waals surface area (Å²) >= 11 is 6.13. The molecule has 0 saturated carbocycles. The number of benzene rings is 3. The van der Waals surface area contributed by atoms with E-state index in [0.29, 0.717) is 16.9 Å². The highest BCUT2D eigenvalue weighted by atomic mass is 35.5. The van der Waals surface area contributed by atoms with E-state index in [-0.39, 0.29) is 27.8 Å². The van der Waals surface area contributed by atoms with Gasteiger partial charge in [-0.05, 0) is 36.2 Å². The standard InChI is InChI=1S/C23H22ClN3O6S/c1-16-8-9-18(27(29)30)12-21(16)25-23(28)15-26(14-17-6-4-3-5-7-17)34(31,32)19-10-11-22(33-2)20(24)13-19/h3-13H,14-15H2,1-2H3,(H,25,28). The highest BCUT2D eigenvalue weighted by Crippen LogP contribution is 2.29. The van der Waals surface area contributed by atoms with Crippen LogP contribution in [0.3, 0.4) is 0 Å². The van der Waals surface area contributed by atoms with Crippen molar-refractivity contribution in [2.75, 3.05) is 19.0 Å². The monoisotopic (exact) mass is 503 g/mol. The molecule has 0 fully saturated rings. The molecule has 9 nitrogen and oxygen atoms in total. The molecule has 0 heterocycles. The topological polar surface area (TPSA) is 119 Å². The maximum Gasteiger partial charge on any atom is 0.271 e. The number of carbonyl (C=O) groups excluding carboxylic acids is 1. The van der Waals surface area contributed by atoms with E-state index in [0.717, 1.165) is 4.31 Å². The summed E-state index contributed by atoms with van der Waals surface area (Å²) in [6.45, 7) is 1.08. The Bertz CT molecular complexity index is 1320. The summed E-state index contributed by atoms with van der Waals surface area (Å²) in [5, 5.41) is 13.8. The Morgan fingerprint density at radius 2 is 1.82 bits per heavy atom. The largest absolute Gasteiger partial charge is 0.495 e. The first-order valence-electron chi connectivity index (χ1n) is 10.0. The van der Waals surface area contributed by atoms with Crippen LogP contribution in [0.15, 0.2) is 71.6 Å². The second-order valence-electron chi connectivity index (χ2n) is 7.36. The van der Waals surface area contributed by atoms with Gasteiger partial charge < -0.3 is 10.1 Å². The van der Waals surface area contributed by atoms with Crippen LogP contribution >= 0.6 is 11.6 Å². The van der Waals surface area contributed by atoms with Gasteiger partial charge in [0.05, 0.1) is 34.2 Å². The minimum absolute atomic E-state index is 0.0752. The summed E-state index contributed by atoms with van der Waals surface area (Å²) < 4.78 is 33.0. The maximum absolute atomic E-state index is 13.4. The van der Waals surface area contributed by atoms with Crippen LogP contribution in [0.5, 0.6) is 5.75 Å². The second kappa shape index (κ2) is 10.6. The first-order chi connectivity index (χ1) is 16.1. The van der Waals surface area contributed by atoms with E-state index in [1.165, 1.54) is 43.5 Å². The van der Waals surface area contributed by atoms with Crippen LogP contribution in [0.1, 0.15) is 11.1 Å². The van der Waals surface area contributed by atoms with Gasteiger partial charge in [0, 0.05) is 18.7 Å². The van der Waals surface area contributed by atoms with Crippen LogP contribution in [0.2, 0.25) is 5.02 Å². The van der Waals surface area contributed by atoms with E-state index in [4.69, 9.17) is 16.3 Å². The minimum atomic E-state index is -4.14. The molecular weight excluding hydrogens is 482 g/mol. The van der Waals surface area contributed by atoms with E-state index < -0.39 is 27.4 Å². The maximum atomic E-state index is 13.4. The lowest BCUT2D eigenvalue weighted by atomic mass is 10.2. The molecule has 0 unspecified atom stereocenters. The fourth-order valence-corrected chi connectivity index (χ4v) is 4.91. The number of rotatable bonds is 9. The summed E-state index contributed by atoms with van der Waals surface area (Å²) in [4.78, 5) is 23.3. The van der Waals surface area contributed by atoms with Gasteiger partial charge in [0.1, 0.15) is 5.75 Å². The van der Waals surface area contributed by atoms with Crippen molar-refractivity contribution in [1.29, 1.82) is 0 Å². The average Bonchev–Trinajstić information content (AvgIpc) is 2.80. The highest BCUT2D eigenvalue weighted by molar-refractivity contribution is 7.89. The van der Waals surface area contributed by atoms with Crippen molar-refractivity contribution in [3.05, 3.63) is 93.0 Å². The van der Waals surface area contributed by atoms with Gasteiger partial charge in [-0.3, -0.25) is 14.9 Å². The van der Waals surface area contributed by atoms with Crippen LogP contribution < -0.4 is 10.1 Å². The third-order valence-electron chi connectivity index (χ3n) is 4.99. The lowest BCUT2D eigenvalue weighted by molar-refractivity contribution is -0.384. The van der Waals surface area contributed by atoms with Crippen LogP contribution in [0.4, 0.5) is 11.4 Å². The smallest absolute Gasteiger partial charge is 0.271 e. The number of anilines is 1. The molecule has 0 aliphatic heterocycles. The summed E-state index contributed by atoms with van der Waals surface area (Å²) in [5.74, 6) is -0.336. The number of non-ortho nitro benzene ring substituents is 1. The van der Waals surface area contributed by atoms with Gasteiger partial charge in [-0.15, -0.1) is 0 Å². The molecule has 11 heteroatoms. The Kier molecular flexibility index (Phi) is 7.87. The number of methoxy groups -OCH3 is 1. The summed E-state index contributed by atoms with van der Waals surface area (Å²) in [5.41, 5.74) is 1.30. The number of nitro groups is 1. The molecule has 0 spiro atoms. The van der Waals surface area contributed by atoms with E-state index >= 15 is 0 Å². The number of hydrogen-bond donors (Lipinski definition) is 1.